The van der Waals surface area contributed by atoms with Crippen molar-refractivity contribution in [3.8, 4) is 5.75 Å². The van der Waals surface area contributed by atoms with E-state index in [1.54, 1.807) is 0 Å². The Morgan fingerprint density at radius 2 is 2.05 bits per heavy atom. The first kappa shape index (κ1) is 13.8. The quantitative estimate of drug-likeness (QED) is 0.919. The molecule has 0 atom stereocenters. The summed E-state index contributed by atoms with van der Waals surface area (Å²) in [6.07, 6.45) is 6.00. The summed E-state index contributed by atoms with van der Waals surface area (Å²) in [6, 6.07) is 5.52. The predicted octanol–water partition coefficient (Wildman–Crippen LogP) is 3.38. The van der Waals surface area contributed by atoms with E-state index in [-0.39, 0.29) is 0 Å². The molecule has 1 aliphatic heterocycles. The third kappa shape index (κ3) is 2.30. The number of hydrogen-bond donors (Lipinski definition) is 1. The van der Waals surface area contributed by atoms with Crippen LogP contribution >= 0.6 is 11.6 Å². The average molecular weight is 318 g/mol. The second kappa shape index (κ2) is 5.11. The Bertz CT molecular complexity index is 748. The molecule has 114 valence electrons. The van der Waals surface area contributed by atoms with Gasteiger partial charge < -0.3 is 15.0 Å². The lowest BCUT2D eigenvalue weighted by molar-refractivity contribution is 0.343. The molecule has 0 unspecified atom stereocenters. The standard InChI is InChI=1S/C16H16ClN3O2/c17-12-3-4-13-10(8-12)7-11(9-21-13)14-19-15(20-22-14)16(18)5-1-2-6-16/h3-4,7-8H,1-2,5-6,9,18H2. The van der Waals surface area contributed by atoms with Crippen LogP contribution in [0.5, 0.6) is 5.75 Å². The first-order valence-electron chi connectivity index (χ1n) is 7.40. The molecule has 22 heavy (non-hydrogen) atoms. The smallest absolute Gasteiger partial charge is 0.257 e. The number of nitrogens with two attached hydrogens (primary N) is 1. The summed E-state index contributed by atoms with van der Waals surface area (Å²) < 4.78 is 11.1. The van der Waals surface area contributed by atoms with Gasteiger partial charge in [0.05, 0.1) is 11.1 Å². The van der Waals surface area contributed by atoms with Crippen LogP contribution in [0.2, 0.25) is 5.02 Å². The van der Waals surface area contributed by atoms with Crippen LogP contribution in [-0.4, -0.2) is 16.7 Å². The first-order valence-corrected chi connectivity index (χ1v) is 7.78. The van der Waals surface area contributed by atoms with Crippen molar-refractivity contribution in [1.29, 1.82) is 0 Å². The minimum Gasteiger partial charge on any atom is -0.488 e. The second-order valence-electron chi connectivity index (χ2n) is 5.93. The lowest BCUT2D eigenvalue weighted by atomic mass is 9.98. The molecule has 1 aliphatic carbocycles. The van der Waals surface area contributed by atoms with Crippen LogP contribution in [-0.2, 0) is 5.54 Å². The second-order valence-corrected chi connectivity index (χ2v) is 6.36. The minimum absolute atomic E-state index is 0.397. The third-order valence-corrected chi connectivity index (χ3v) is 4.56. The Hall–Kier alpha value is -1.85. The lowest BCUT2D eigenvalue weighted by Gasteiger charge is -2.18. The van der Waals surface area contributed by atoms with Crippen molar-refractivity contribution in [1.82, 2.24) is 10.1 Å². The van der Waals surface area contributed by atoms with E-state index in [1.807, 2.05) is 24.3 Å². The number of aromatic nitrogens is 2. The molecule has 5 nitrogen and oxygen atoms in total. The van der Waals surface area contributed by atoms with E-state index in [2.05, 4.69) is 10.1 Å². The molecule has 2 aromatic rings. The van der Waals surface area contributed by atoms with E-state index in [4.69, 9.17) is 26.6 Å². The number of halogens is 1. The van der Waals surface area contributed by atoms with Gasteiger partial charge in [0.25, 0.3) is 5.89 Å². The molecule has 6 heteroatoms. The highest BCUT2D eigenvalue weighted by Crippen LogP contribution is 2.36. The third-order valence-electron chi connectivity index (χ3n) is 4.33. The number of ether oxygens (including phenoxy) is 1. The molecule has 1 aromatic carbocycles. The molecule has 2 N–H and O–H groups in total. The van der Waals surface area contributed by atoms with Gasteiger partial charge in [0.1, 0.15) is 12.4 Å². The zero-order chi connectivity index (χ0) is 15.2. The topological polar surface area (TPSA) is 74.2 Å². The van der Waals surface area contributed by atoms with Crippen molar-refractivity contribution >= 4 is 23.3 Å². The van der Waals surface area contributed by atoms with Crippen LogP contribution in [0.1, 0.15) is 43.0 Å². The summed E-state index contributed by atoms with van der Waals surface area (Å²) in [6.45, 7) is 0.397. The molecule has 1 saturated carbocycles. The zero-order valence-electron chi connectivity index (χ0n) is 12.0. The average Bonchev–Trinajstić information content (AvgIpc) is 3.16. The molecule has 0 bridgehead atoms. The molecular formula is C16H16ClN3O2. The summed E-state index contributed by atoms with van der Waals surface area (Å²) >= 11 is 6.03. The molecular weight excluding hydrogens is 302 g/mol. The fraction of sp³-hybridized carbons (Fsp3) is 0.375. The van der Waals surface area contributed by atoms with Crippen molar-refractivity contribution < 1.29 is 9.26 Å². The minimum atomic E-state index is -0.445. The summed E-state index contributed by atoms with van der Waals surface area (Å²) in [5, 5.41) is 4.75. The Kier molecular flexibility index (Phi) is 3.20. The fourth-order valence-corrected chi connectivity index (χ4v) is 3.24. The predicted molar refractivity (Wildman–Crippen MR) is 83.4 cm³/mol. The van der Waals surface area contributed by atoms with Crippen LogP contribution in [0.15, 0.2) is 22.7 Å². The highest BCUT2D eigenvalue weighted by Gasteiger charge is 2.36. The Labute approximate surface area is 133 Å². The first-order chi connectivity index (χ1) is 10.6. The molecule has 0 saturated heterocycles. The molecule has 2 aliphatic rings. The number of rotatable bonds is 2. The molecule has 0 amide bonds. The van der Waals surface area contributed by atoms with Gasteiger partial charge in [-0.15, -0.1) is 0 Å². The van der Waals surface area contributed by atoms with Crippen molar-refractivity contribution in [2.75, 3.05) is 6.61 Å². The van der Waals surface area contributed by atoms with E-state index in [9.17, 15) is 0 Å². The van der Waals surface area contributed by atoms with Crippen LogP contribution < -0.4 is 10.5 Å². The van der Waals surface area contributed by atoms with Gasteiger partial charge in [0.15, 0.2) is 5.82 Å². The van der Waals surface area contributed by atoms with Gasteiger partial charge in [-0.05, 0) is 37.1 Å². The van der Waals surface area contributed by atoms with Gasteiger partial charge in [-0.3, -0.25) is 0 Å². The van der Waals surface area contributed by atoms with E-state index < -0.39 is 5.54 Å². The highest BCUT2D eigenvalue weighted by atomic mass is 35.5. The van der Waals surface area contributed by atoms with E-state index in [0.717, 1.165) is 42.6 Å². The maximum absolute atomic E-state index is 6.37. The van der Waals surface area contributed by atoms with Crippen molar-refractivity contribution in [3.05, 3.63) is 40.5 Å². The molecule has 0 radical (unpaired) electrons. The van der Waals surface area contributed by atoms with Gasteiger partial charge in [0.2, 0.25) is 0 Å². The van der Waals surface area contributed by atoms with Crippen LogP contribution in [0.4, 0.5) is 0 Å². The fourth-order valence-electron chi connectivity index (χ4n) is 3.06. The maximum atomic E-state index is 6.37. The van der Waals surface area contributed by atoms with Gasteiger partial charge in [0, 0.05) is 10.6 Å². The summed E-state index contributed by atoms with van der Waals surface area (Å²) in [5.74, 6) is 1.87. The molecule has 4 rings (SSSR count). The van der Waals surface area contributed by atoms with Gasteiger partial charge in [-0.25, -0.2) is 0 Å². The van der Waals surface area contributed by atoms with Crippen LogP contribution in [0.3, 0.4) is 0 Å². The number of fused-ring (bicyclic) bond motifs is 1. The molecule has 1 fully saturated rings. The van der Waals surface area contributed by atoms with E-state index in [0.29, 0.717) is 23.3 Å². The van der Waals surface area contributed by atoms with Crippen molar-refractivity contribution in [2.45, 2.75) is 31.2 Å². The Morgan fingerprint density at radius 1 is 1.23 bits per heavy atom. The van der Waals surface area contributed by atoms with Crippen LogP contribution in [0, 0.1) is 0 Å². The normalized spacial score (nSPS) is 19.5. The number of nitrogens with zero attached hydrogens (tertiary/aromatic N) is 2. The number of hydrogen-bond acceptors (Lipinski definition) is 5. The van der Waals surface area contributed by atoms with Gasteiger partial charge in [-0.1, -0.05) is 29.6 Å². The Balaban J connectivity index is 1.67. The Morgan fingerprint density at radius 3 is 2.86 bits per heavy atom. The molecule has 0 spiro atoms. The number of benzene rings is 1. The van der Waals surface area contributed by atoms with Crippen molar-refractivity contribution in [2.24, 2.45) is 5.73 Å². The van der Waals surface area contributed by atoms with Gasteiger partial charge >= 0.3 is 0 Å². The van der Waals surface area contributed by atoms with Crippen LogP contribution in [0.25, 0.3) is 11.6 Å². The summed E-state index contributed by atoms with van der Waals surface area (Å²) in [5.41, 5.74) is 7.68. The lowest BCUT2D eigenvalue weighted by Crippen LogP contribution is -2.34. The molecule has 1 aromatic heterocycles. The van der Waals surface area contributed by atoms with E-state index in [1.165, 1.54) is 0 Å². The summed E-state index contributed by atoms with van der Waals surface area (Å²) in [7, 11) is 0. The highest BCUT2D eigenvalue weighted by molar-refractivity contribution is 6.30. The van der Waals surface area contributed by atoms with E-state index >= 15 is 0 Å². The largest absolute Gasteiger partial charge is 0.488 e. The van der Waals surface area contributed by atoms with Gasteiger partial charge in [-0.2, -0.15) is 4.98 Å². The summed E-state index contributed by atoms with van der Waals surface area (Å²) in [4.78, 5) is 4.50. The van der Waals surface area contributed by atoms with Crippen molar-refractivity contribution in [3.63, 3.8) is 0 Å². The monoisotopic (exact) mass is 317 g/mol. The maximum Gasteiger partial charge on any atom is 0.257 e. The molecule has 2 heterocycles. The SMILES string of the molecule is NC1(c2noc(C3=Cc4cc(Cl)ccc4OC3)n2)CCCC1. The zero-order valence-corrected chi connectivity index (χ0v) is 12.8.